The fourth-order valence-electron chi connectivity index (χ4n) is 4.61. The van der Waals surface area contributed by atoms with Crippen LogP contribution in [0.1, 0.15) is 37.2 Å². The Morgan fingerprint density at radius 1 is 0.977 bits per heavy atom. The third kappa shape index (κ3) is 7.09. The van der Waals surface area contributed by atoms with E-state index in [2.05, 4.69) is 25.6 Å². The van der Waals surface area contributed by atoms with E-state index in [9.17, 15) is 19.5 Å². The first kappa shape index (κ1) is 30.4. The highest BCUT2D eigenvalue weighted by Crippen LogP contribution is 2.21. The molecule has 3 amide bonds. The minimum absolute atomic E-state index is 0.0153. The maximum Gasteiger partial charge on any atom is 0.409 e. The smallest absolute Gasteiger partial charge is 0.409 e. The molecule has 3 heterocycles. The molecule has 2 atom stereocenters. The lowest BCUT2D eigenvalue weighted by Crippen LogP contribution is -2.58. The number of unbranched alkanes of at least 4 members (excludes halogenated alkanes) is 1. The summed E-state index contributed by atoms with van der Waals surface area (Å²) in [7, 11) is 0. The zero-order valence-corrected chi connectivity index (χ0v) is 24.5. The van der Waals surface area contributed by atoms with Crippen LogP contribution in [0.15, 0.2) is 60.7 Å². The molecule has 0 bridgehead atoms. The molecule has 1 saturated heterocycles. The van der Waals surface area contributed by atoms with E-state index < -0.39 is 30.1 Å². The Kier molecular flexibility index (Phi) is 9.59. The van der Waals surface area contributed by atoms with Crippen molar-refractivity contribution < 1.29 is 29.1 Å². The normalized spacial score (nSPS) is 14.6. The van der Waals surface area contributed by atoms with Crippen LogP contribution in [0.5, 0.6) is 5.88 Å². The molecule has 0 radical (unpaired) electrons. The summed E-state index contributed by atoms with van der Waals surface area (Å²) in [6.45, 7) is 4.80. The van der Waals surface area contributed by atoms with Crippen molar-refractivity contribution in [1.29, 1.82) is 0 Å². The van der Waals surface area contributed by atoms with E-state index >= 15 is 0 Å². The number of aliphatic hydroxyl groups is 1. The SMILES string of the molecule is CCCCOC(=O)N1CCN(C(=O)[C@@H](NC(=O)c2cc(On3nnc4ccccc43)nc(-c3ccccc3)n2)[C@@H](C)O)CC1. The highest BCUT2D eigenvalue weighted by Gasteiger charge is 2.33. The van der Waals surface area contributed by atoms with Crippen molar-refractivity contribution in [3.05, 3.63) is 66.4 Å². The van der Waals surface area contributed by atoms with Gasteiger partial charge in [-0.25, -0.2) is 9.78 Å². The van der Waals surface area contributed by atoms with Gasteiger partial charge in [0.15, 0.2) is 5.82 Å². The summed E-state index contributed by atoms with van der Waals surface area (Å²) in [4.78, 5) is 58.3. The van der Waals surface area contributed by atoms with Gasteiger partial charge in [0.05, 0.1) is 12.7 Å². The second kappa shape index (κ2) is 13.9. The van der Waals surface area contributed by atoms with Crippen molar-refractivity contribution in [3.63, 3.8) is 0 Å². The summed E-state index contributed by atoms with van der Waals surface area (Å²) in [5, 5.41) is 21.2. The van der Waals surface area contributed by atoms with Gasteiger partial charge in [0.1, 0.15) is 22.8 Å². The molecule has 2 N–H and O–H groups in total. The number of benzene rings is 2. The Morgan fingerprint density at radius 3 is 2.41 bits per heavy atom. The molecule has 2 aromatic carbocycles. The molecule has 0 saturated carbocycles. The average Bonchev–Trinajstić information content (AvgIpc) is 3.46. The van der Waals surface area contributed by atoms with Gasteiger partial charge in [-0.3, -0.25) is 9.59 Å². The molecule has 14 heteroatoms. The molecule has 0 unspecified atom stereocenters. The van der Waals surface area contributed by atoms with Crippen molar-refractivity contribution in [2.75, 3.05) is 32.8 Å². The summed E-state index contributed by atoms with van der Waals surface area (Å²) < 4.78 is 5.27. The van der Waals surface area contributed by atoms with E-state index in [1.807, 2.05) is 37.3 Å². The molecule has 14 nitrogen and oxygen atoms in total. The molecular weight excluding hydrogens is 568 g/mol. The number of nitrogens with zero attached hydrogens (tertiary/aromatic N) is 7. The van der Waals surface area contributed by atoms with Gasteiger partial charge < -0.3 is 29.8 Å². The zero-order chi connectivity index (χ0) is 31.1. The lowest BCUT2D eigenvalue weighted by Gasteiger charge is -2.36. The van der Waals surface area contributed by atoms with Gasteiger partial charge in [0, 0.05) is 37.8 Å². The minimum atomic E-state index is -1.26. The van der Waals surface area contributed by atoms with E-state index in [4.69, 9.17) is 9.57 Å². The molecular formula is C30H34N8O6. The van der Waals surface area contributed by atoms with Crippen molar-refractivity contribution in [3.8, 4) is 17.3 Å². The minimum Gasteiger partial charge on any atom is -0.449 e. The van der Waals surface area contributed by atoms with Crippen LogP contribution >= 0.6 is 0 Å². The number of hydrogen-bond acceptors (Lipinski definition) is 10. The lowest BCUT2D eigenvalue weighted by atomic mass is 10.1. The van der Waals surface area contributed by atoms with E-state index in [0.717, 1.165) is 12.8 Å². The number of aromatic nitrogens is 5. The number of nitrogens with one attached hydrogen (secondary N) is 1. The largest absolute Gasteiger partial charge is 0.449 e. The predicted molar refractivity (Wildman–Crippen MR) is 158 cm³/mol. The number of fused-ring (bicyclic) bond motifs is 1. The first-order valence-electron chi connectivity index (χ1n) is 14.5. The summed E-state index contributed by atoms with van der Waals surface area (Å²) in [5.41, 5.74) is 1.74. The Hall–Kier alpha value is -5.11. The van der Waals surface area contributed by atoms with Gasteiger partial charge in [-0.15, -0.1) is 5.10 Å². The Balaban J connectivity index is 1.33. The number of carbonyl (C=O) groups is 3. The van der Waals surface area contributed by atoms with Crippen LogP contribution in [-0.4, -0.2) is 103 Å². The molecule has 5 rings (SSSR count). The van der Waals surface area contributed by atoms with Gasteiger partial charge in [-0.1, -0.05) is 60.7 Å². The van der Waals surface area contributed by atoms with E-state index in [1.165, 1.54) is 22.7 Å². The number of amides is 3. The van der Waals surface area contributed by atoms with Crippen molar-refractivity contribution in [2.24, 2.45) is 0 Å². The maximum atomic E-state index is 13.5. The molecule has 2 aromatic heterocycles. The number of aliphatic hydroxyl groups excluding tert-OH is 1. The molecule has 230 valence electrons. The van der Waals surface area contributed by atoms with E-state index in [0.29, 0.717) is 23.2 Å². The van der Waals surface area contributed by atoms with Crippen LogP contribution in [0.4, 0.5) is 4.79 Å². The number of ether oxygens (including phenoxy) is 1. The predicted octanol–water partition coefficient (Wildman–Crippen LogP) is 2.29. The third-order valence-electron chi connectivity index (χ3n) is 7.08. The lowest BCUT2D eigenvalue weighted by molar-refractivity contribution is -0.137. The highest BCUT2D eigenvalue weighted by molar-refractivity contribution is 5.97. The topological polar surface area (TPSA) is 165 Å². The van der Waals surface area contributed by atoms with Crippen molar-refractivity contribution in [2.45, 2.75) is 38.8 Å². The van der Waals surface area contributed by atoms with Gasteiger partial charge in [-0.2, -0.15) is 4.98 Å². The monoisotopic (exact) mass is 602 g/mol. The van der Waals surface area contributed by atoms with Gasteiger partial charge >= 0.3 is 6.09 Å². The zero-order valence-electron chi connectivity index (χ0n) is 24.5. The fraction of sp³-hybridized carbons (Fsp3) is 0.367. The van der Waals surface area contributed by atoms with Crippen LogP contribution in [0.25, 0.3) is 22.4 Å². The van der Waals surface area contributed by atoms with Crippen molar-refractivity contribution >= 4 is 28.9 Å². The third-order valence-corrected chi connectivity index (χ3v) is 7.08. The Labute approximate surface area is 253 Å². The molecule has 1 aliphatic heterocycles. The van der Waals surface area contributed by atoms with Crippen molar-refractivity contribution in [1.82, 2.24) is 40.2 Å². The summed E-state index contributed by atoms with van der Waals surface area (Å²) >= 11 is 0. The standard InChI is InChI=1S/C30H34N8O6/c1-3-4-18-43-30(42)37-16-14-36(15-17-37)29(41)26(20(2)39)33-28(40)23-19-25(32-27(31-23)21-10-6-5-7-11-21)44-38-24-13-9-8-12-22(24)34-35-38/h5-13,19-20,26,39H,3-4,14-18H2,1-2H3,(H,33,40)/t20-,26+/m1/s1. The van der Waals surface area contributed by atoms with Crippen LogP contribution in [0, 0.1) is 0 Å². The second-order valence-electron chi connectivity index (χ2n) is 10.3. The van der Waals surface area contributed by atoms with E-state index in [-0.39, 0.29) is 43.6 Å². The quantitative estimate of drug-likeness (QED) is 0.257. The molecule has 44 heavy (non-hydrogen) atoms. The van der Waals surface area contributed by atoms with Gasteiger partial charge in [0.25, 0.3) is 11.8 Å². The number of rotatable bonds is 10. The first-order valence-corrected chi connectivity index (χ1v) is 14.5. The number of hydrogen-bond donors (Lipinski definition) is 2. The molecule has 1 aliphatic rings. The summed E-state index contributed by atoms with van der Waals surface area (Å²) in [5.74, 6) is -0.966. The molecule has 0 aliphatic carbocycles. The fourth-order valence-corrected chi connectivity index (χ4v) is 4.61. The second-order valence-corrected chi connectivity index (χ2v) is 10.3. The summed E-state index contributed by atoms with van der Waals surface area (Å²) in [6.07, 6.45) is 0.0687. The Bertz CT molecular complexity index is 1600. The van der Waals surface area contributed by atoms with Crippen LogP contribution < -0.4 is 10.2 Å². The average molecular weight is 603 g/mol. The molecule has 0 spiro atoms. The highest BCUT2D eigenvalue weighted by atomic mass is 16.7. The first-order chi connectivity index (χ1) is 21.3. The van der Waals surface area contributed by atoms with Crippen LogP contribution in [0.3, 0.4) is 0 Å². The number of para-hydroxylation sites is 1. The number of carbonyl (C=O) groups excluding carboxylic acids is 3. The van der Waals surface area contributed by atoms with Crippen LogP contribution in [0.2, 0.25) is 0 Å². The van der Waals surface area contributed by atoms with Crippen LogP contribution in [-0.2, 0) is 9.53 Å². The summed E-state index contributed by atoms with van der Waals surface area (Å²) in [6, 6.07) is 16.3. The molecule has 1 fully saturated rings. The Morgan fingerprint density at radius 2 is 1.68 bits per heavy atom. The van der Waals surface area contributed by atoms with E-state index in [1.54, 1.807) is 29.2 Å². The molecule has 4 aromatic rings. The number of piperazine rings is 1. The maximum absolute atomic E-state index is 13.5. The van der Waals surface area contributed by atoms with Gasteiger partial charge in [-0.05, 0) is 30.7 Å². The van der Waals surface area contributed by atoms with Gasteiger partial charge in [0.2, 0.25) is 5.91 Å².